The predicted octanol–water partition coefficient (Wildman–Crippen LogP) is -0.358. The van der Waals surface area contributed by atoms with Gasteiger partial charge in [-0.1, -0.05) is 19.9 Å². The molecule has 0 amide bonds. The molecule has 5 heteroatoms. The minimum Gasteiger partial charge on any atom is -0.854 e. The van der Waals surface area contributed by atoms with Crippen LogP contribution in [0.2, 0.25) is 0 Å². The Kier molecular flexibility index (Phi) is 14.0. The Hall–Kier alpha value is 0.926. The van der Waals surface area contributed by atoms with Crippen LogP contribution in [0, 0.1) is 0 Å². The van der Waals surface area contributed by atoms with Gasteiger partial charge in [-0.3, -0.25) is 0 Å². The minimum absolute atomic E-state index is 0. The van der Waals surface area contributed by atoms with Crippen molar-refractivity contribution < 1.29 is 61.2 Å². The van der Waals surface area contributed by atoms with Crippen molar-refractivity contribution in [1.82, 2.24) is 4.90 Å². The van der Waals surface area contributed by atoms with Crippen molar-refractivity contribution in [3.05, 3.63) is 24.3 Å². The number of nitrogens with zero attached hydrogens (tertiary/aromatic N) is 1. The Labute approximate surface area is 176 Å². The van der Waals surface area contributed by atoms with E-state index in [4.69, 9.17) is 4.74 Å². The van der Waals surface area contributed by atoms with Crippen LogP contribution < -0.4 is 61.2 Å². The SMILES string of the molecule is CC.CSc1cccc(OC2CCN(CC[O-])CC2)c1.[K+]. The van der Waals surface area contributed by atoms with Crippen LogP contribution in [-0.2, 0) is 0 Å². The molecule has 1 fully saturated rings. The summed E-state index contributed by atoms with van der Waals surface area (Å²) in [5, 5.41) is 10.6. The standard InChI is InChI=1S/C14H20NO2S.C2H6.K/c1-18-14-4-2-3-13(11-14)17-12-5-7-15(8-6-12)9-10-16;1-2;/h2-4,11-12H,5-10H2,1H3;1-2H3;/q-1;;+1. The molecule has 1 heterocycles. The zero-order chi connectivity index (χ0) is 14.8. The fourth-order valence-electron chi connectivity index (χ4n) is 2.25. The van der Waals surface area contributed by atoms with Gasteiger partial charge in [0.2, 0.25) is 0 Å². The maximum atomic E-state index is 10.6. The first kappa shape index (κ1) is 21.9. The van der Waals surface area contributed by atoms with E-state index in [0.29, 0.717) is 12.6 Å². The number of rotatable bonds is 5. The molecular formula is C16H26KNO2S. The summed E-state index contributed by atoms with van der Waals surface area (Å²) < 4.78 is 6.01. The Bertz CT molecular complexity index is 371. The number of ether oxygens (including phenoxy) is 1. The summed E-state index contributed by atoms with van der Waals surface area (Å²) in [5.41, 5.74) is 0. The van der Waals surface area contributed by atoms with Crippen molar-refractivity contribution in [2.24, 2.45) is 0 Å². The smallest absolute Gasteiger partial charge is 0.854 e. The first-order valence-electron chi connectivity index (χ1n) is 7.43. The molecule has 114 valence electrons. The first-order chi connectivity index (χ1) is 9.81. The van der Waals surface area contributed by atoms with E-state index in [-0.39, 0.29) is 58.0 Å². The quantitative estimate of drug-likeness (QED) is 0.544. The topological polar surface area (TPSA) is 35.5 Å². The second-order valence-corrected chi connectivity index (χ2v) is 5.42. The second-order valence-electron chi connectivity index (χ2n) is 4.54. The van der Waals surface area contributed by atoms with E-state index in [0.717, 1.165) is 31.7 Å². The third kappa shape index (κ3) is 8.37. The molecule has 0 spiro atoms. The average Bonchev–Trinajstić information content (AvgIpc) is 2.52. The van der Waals surface area contributed by atoms with Gasteiger partial charge in [0.1, 0.15) is 11.9 Å². The number of likely N-dealkylation sites (tertiary alicyclic amines) is 1. The van der Waals surface area contributed by atoms with Crippen molar-refractivity contribution in [3.63, 3.8) is 0 Å². The largest absolute Gasteiger partial charge is 1.00 e. The average molecular weight is 336 g/mol. The van der Waals surface area contributed by atoms with Gasteiger partial charge in [0.05, 0.1) is 0 Å². The summed E-state index contributed by atoms with van der Waals surface area (Å²) in [6.45, 7) is 6.64. The first-order valence-corrected chi connectivity index (χ1v) is 8.65. The number of hydrogen-bond acceptors (Lipinski definition) is 4. The number of hydrogen-bond donors (Lipinski definition) is 0. The predicted molar refractivity (Wildman–Crippen MR) is 84.5 cm³/mol. The molecular weight excluding hydrogens is 309 g/mol. The summed E-state index contributed by atoms with van der Waals surface area (Å²) in [4.78, 5) is 3.46. The van der Waals surface area contributed by atoms with Crippen molar-refractivity contribution in [3.8, 4) is 5.75 Å². The molecule has 3 nitrogen and oxygen atoms in total. The Balaban J connectivity index is 0.00000128. The van der Waals surface area contributed by atoms with Crippen LogP contribution in [-0.4, -0.2) is 43.5 Å². The minimum atomic E-state index is 0. The van der Waals surface area contributed by atoms with Gasteiger partial charge in [0.15, 0.2) is 0 Å². The zero-order valence-electron chi connectivity index (χ0n) is 13.8. The fourth-order valence-corrected chi connectivity index (χ4v) is 2.70. The van der Waals surface area contributed by atoms with Crippen LogP contribution in [0.5, 0.6) is 5.75 Å². The molecule has 0 N–H and O–H groups in total. The maximum absolute atomic E-state index is 10.6. The molecule has 0 unspecified atom stereocenters. The molecule has 1 aromatic rings. The molecule has 0 atom stereocenters. The van der Waals surface area contributed by atoms with E-state index in [1.807, 2.05) is 26.0 Å². The number of piperidine rings is 1. The Morgan fingerprint density at radius 1 is 1.29 bits per heavy atom. The molecule has 1 aromatic carbocycles. The maximum Gasteiger partial charge on any atom is 1.00 e. The molecule has 1 aliphatic rings. The van der Waals surface area contributed by atoms with E-state index in [1.54, 1.807) is 11.8 Å². The van der Waals surface area contributed by atoms with Crippen molar-refractivity contribution >= 4 is 11.8 Å². The molecule has 0 saturated carbocycles. The Morgan fingerprint density at radius 3 is 2.52 bits per heavy atom. The van der Waals surface area contributed by atoms with Gasteiger partial charge >= 0.3 is 51.4 Å². The molecule has 0 bridgehead atoms. The summed E-state index contributed by atoms with van der Waals surface area (Å²) in [6, 6.07) is 8.24. The third-order valence-corrected chi connectivity index (χ3v) is 4.01. The molecule has 21 heavy (non-hydrogen) atoms. The van der Waals surface area contributed by atoms with E-state index in [9.17, 15) is 5.11 Å². The van der Waals surface area contributed by atoms with Crippen molar-refractivity contribution in [1.29, 1.82) is 0 Å². The molecule has 0 aliphatic carbocycles. The normalized spacial score (nSPS) is 15.6. The van der Waals surface area contributed by atoms with Gasteiger partial charge in [0.25, 0.3) is 0 Å². The summed E-state index contributed by atoms with van der Waals surface area (Å²) >= 11 is 1.73. The molecule has 1 aliphatic heterocycles. The van der Waals surface area contributed by atoms with Crippen LogP contribution in [0.15, 0.2) is 29.2 Å². The van der Waals surface area contributed by atoms with Crippen molar-refractivity contribution in [2.75, 3.05) is 32.5 Å². The van der Waals surface area contributed by atoms with Gasteiger partial charge in [-0.15, -0.1) is 18.4 Å². The molecule has 0 radical (unpaired) electrons. The van der Waals surface area contributed by atoms with Crippen molar-refractivity contribution in [2.45, 2.75) is 37.7 Å². The van der Waals surface area contributed by atoms with E-state index in [1.165, 1.54) is 4.90 Å². The molecule has 1 saturated heterocycles. The van der Waals surface area contributed by atoms with Gasteiger partial charge < -0.3 is 14.7 Å². The number of benzene rings is 1. The number of thioether (sulfide) groups is 1. The zero-order valence-corrected chi connectivity index (χ0v) is 17.7. The molecule has 0 aromatic heterocycles. The van der Waals surface area contributed by atoms with Gasteiger partial charge in [-0.25, -0.2) is 0 Å². The fraction of sp³-hybridized carbons (Fsp3) is 0.625. The van der Waals surface area contributed by atoms with Gasteiger partial charge in [-0.05, 0) is 43.8 Å². The van der Waals surface area contributed by atoms with E-state index in [2.05, 4.69) is 23.3 Å². The summed E-state index contributed by atoms with van der Waals surface area (Å²) in [5.74, 6) is 0.962. The molecule has 2 rings (SSSR count). The van der Waals surface area contributed by atoms with Gasteiger partial charge in [-0.2, -0.15) is 0 Å². The van der Waals surface area contributed by atoms with Crippen LogP contribution in [0.3, 0.4) is 0 Å². The van der Waals surface area contributed by atoms with Crippen LogP contribution in [0.25, 0.3) is 0 Å². The van der Waals surface area contributed by atoms with Crippen LogP contribution in [0.1, 0.15) is 26.7 Å². The van der Waals surface area contributed by atoms with E-state index < -0.39 is 0 Å². The van der Waals surface area contributed by atoms with Gasteiger partial charge in [0, 0.05) is 18.0 Å². The third-order valence-electron chi connectivity index (χ3n) is 3.29. The second kappa shape index (κ2) is 13.4. The summed E-state index contributed by atoms with van der Waals surface area (Å²) in [6.07, 6.45) is 4.40. The van der Waals surface area contributed by atoms with E-state index >= 15 is 0 Å². The monoisotopic (exact) mass is 335 g/mol. The van der Waals surface area contributed by atoms with Crippen LogP contribution >= 0.6 is 11.8 Å². The Morgan fingerprint density at radius 2 is 1.95 bits per heavy atom. The van der Waals surface area contributed by atoms with Crippen LogP contribution in [0.4, 0.5) is 0 Å². The summed E-state index contributed by atoms with van der Waals surface area (Å²) in [7, 11) is 0.